The zero-order valence-corrected chi connectivity index (χ0v) is 11.4. The lowest BCUT2D eigenvalue weighted by molar-refractivity contribution is 0.0954. The number of amides is 1. The Kier molecular flexibility index (Phi) is 4.41. The van der Waals surface area contributed by atoms with Gasteiger partial charge in [-0.15, -0.1) is 0 Å². The van der Waals surface area contributed by atoms with Crippen LogP contribution in [-0.2, 0) is 0 Å². The molecule has 0 aliphatic rings. The third-order valence-corrected chi connectivity index (χ3v) is 3.06. The van der Waals surface area contributed by atoms with Crippen molar-refractivity contribution in [2.24, 2.45) is 5.10 Å². The van der Waals surface area contributed by atoms with Gasteiger partial charge >= 0.3 is 0 Å². The molecule has 0 aliphatic carbocycles. The van der Waals surface area contributed by atoms with E-state index < -0.39 is 0 Å². The number of hydrogen-bond donors (Lipinski definition) is 1. The monoisotopic (exact) mass is 320 g/mol. The third-order valence-electron chi connectivity index (χ3n) is 2.37. The van der Waals surface area contributed by atoms with Gasteiger partial charge in [-0.2, -0.15) is 5.10 Å². The highest BCUT2D eigenvalue weighted by Crippen LogP contribution is 2.15. The van der Waals surface area contributed by atoms with Gasteiger partial charge < -0.3 is 0 Å². The first kappa shape index (κ1) is 13.4. The molecular weight excluding hydrogens is 311 g/mol. The van der Waals surface area contributed by atoms with Crippen LogP contribution in [0.25, 0.3) is 0 Å². The van der Waals surface area contributed by atoms with E-state index in [1.54, 1.807) is 30.3 Å². The molecule has 0 radical (unpaired) electrons. The van der Waals surface area contributed by atoms with Crippen molar-refractivity contribution in [2.75, 3.05) is 0 Å². The van der Waals surface area contributed by atoms with Crippen molar-refractivity contribution in [1.82, 2.24) is 5.43 Å². The maximum Gasteiger partial charge on any atom is 0.272 e. The van der Waals surface area contributed by atoms with Crippen molar-refractivity contribution < 1.29 is 9.18 Å². The van der Waals surface area contributed by atoms with Crippen molar-refractivity contribution in [2.45, 2.75) is 0 Å². The molecule has 19 heavy (non-hydrogen) atoms. The molecule has 0 saturated heterocycles. The van der Waals surface area contributed by atoms with Gasteiger partial charge in [0.1, 0.15) is 5.82 Å². The van der Waals surface area contributed by atoms with Crippen molar-refractivity contribution in [3.05, 3.63) is 69.9 Å². The Balaban J connectivity index is 2.01. The zero-order valence-electron chi connectivity index (χ0n) is 9.81. The fraction of sp³-hybridized carbons (Fsp3) is 0. The quantitative estimate of drug-likeness (QED) is 0.684. The van der Waals surface area contributed by atoms with Crippen molar-refractivity contribution in [1.29, 1.82) is 0 Å². The van der Waals surface area contributed by atoms with E-state index in [9.17, 15) is 9.18 Å². The summed E-state index contributed by atoms with van der Waals surface area (Å²) in [6.07, 6.45) is 1.45. The van der Waals surface area contributed by atoms with Crippen LogP contribution in [0.3, 0.4) is 0 Å². The Bertz CT molecular complexity index is 611. The first-order chi connectivity index (χ1) is 9.16. The summed E-state index contributed by atoms with van der Waals surface area (Å²) in [6.45, 7) is 0. The number of nitrogens with zero attached hydrogens (tertiary/aromatic N) is 1. The number of rotatable bonds is 3. The first-order valence-electron chi connectivity index (χ1n) is 5.50. The summed E-state index contributed by atoms with van der Waals surface area (Å²) < 4.78 is 13.4. The van der Waals surface area contributed by atoms with Crippen LogP contribution in [0.4, 0.5) is 4.39 Å². The average molecular weight is 321 g/mol. The number of halogens is 2. The van der Waals surface area contributed by atoms with Crippen LogP contribution in [0.2, 0.25) is 0 Å². The number of hydrogen-bond acceptors (Lipinski definition) is 2. The maximum atomic E-state index is 12.7. The molecule has 2 aromatic carbocycles. The highest BCUT2D eigenvalue weighted by molar-refractivity contribution is 9.10. The minimum absolute atomic E-state index is 0.311. The number of nitrogens with one attached hydrogen (secondary N) is 1. The van der Waals surface area contributed by atoms with Crippen LogP contribution in [-0.4, -0.2) is 12.1 Å². The van der Waals surface area contributed by atoms with E-state index in [2.05, 4.69) is 26.5 Å². The molecule has 3 nitrogen and oxygen atoms in total. The van der Waals surface area contributed by atoms with E-state index >= 15 is 0 Å². The van der Waals surface area contributed by atoms with Crippen LogP contribution in [0, 0.1) is 5.82 Å². The minimum Gasteiger partial charge on any atom is -0.267 e. The van der Waals surface area contributed by atoms with Crippen molar-refractivity contribution in [3.8, 4) is 0 Å². The highest BCUT2D eigenvalue weighted by atomic mass is 79.9. The molecule has 0 bridgehead atoms. The lowest BCUT2D eigenvalue weighted by Gasteiger charge is -2.01. The summed E-state index contributed by atoms with van der Waals surface area (Å²) in [4.78, 5) is 11.8. The van der Waals surface area contributed by atoms with E-state index in [4.69, 9.17) is 0 Å². The first-order valence-corrected chi connectivity index (χ1v) is 6.29. The predicted molar refractivity (Wildman–Crippen MR) is 75.6 cm³/mol. The van der Waals surface area contributed by atoms with Crippen LogP contribution in [0.15, 0.2) is 58.1 Å². The van der Waals surface area contributed by atoms with Gasteiger partial charge in [-0.05, 0) is 45.8 Å². The Hall–Kier alpha value is -2.01. The van der Waals surface area contributed by atoms with Gasteiger partial charge in [0.15, 0.2) is 0 Å². The fourth-order valence-electron chi connectivity index (χ4n) is 1.42. The summed E-state index contributed by atoms with van der Waals surface area (Å²) in [5, 5.41) is 3.82. The fourth-order valence-corrected chi connectivity index (χ4v) is 1.88. The molecule has 0 atom stereocenters. The van der Waals surface area contributed by atoms with Crippen molar-refractivity contribution in [3.63, 3.8) is 0 Å². The number of carbonyl (C=O) groups excluding carboxylic acids is 1. The lowest BCUT2D eigenvalue weighted by atomic mass is 10.2. The molecule has 0 spiro atoms. The van der Waals surface area contributed by atoms with E-state index in [1.807, 2.05) is 6.07 Å². The van der Waals surface area contributed by atoms with Gasteiger partial charge in [-0.25, -0.2) is 9.82 Å². The second-order valence-electron chi connectivity index (χ2n) is 3.73. The Morgan fingerprint density at radius 3 is 2.53 bits per heavy atom. The largest absolute Gasteiger partial charge is 0.272 e. The second-order valence-corrected chi connectivity index (χ2v) is 4.58. The third kappa shape index (κ3) is 3.72. The van der Waals surface area contributed by atoms with Crippen LogP contribution < -0.4 is 5.43 Å². The van der Waals surface area contributed by atoms with Gasteiger partial charge in [-0.1, -0.05) is 24.3 Å². The number of hydrazone groups is 1. The zero-order chi connectivity index (χ0) is 13.7. The summed E-state index contributed by atoms with van der Waals surface area (Å²) in [5.41, 5.74) is 3.61. The molecule has 5 heteroatoms. The smallest absolute Gasteiger partial charge is 0.267 e. The Morgan fingerprint density at radius 1 is 1.16 bits per heavy atom. The number of carbonyl (C=O) groups is 1. The van der Waals surface area contributed by atoms with E-state index in [1.165, 1.54) is 18.3 Å². The molecule has 0 fully saturated rings. The summed E-state index contributed by atoms with van der Waals surface area (Å²) in [6, 6.07) is 12.9. The summed E-state index contributed by atoms with van der Waals surface area (Å²) in [7, 11) is 0. The van der Waals surface area contributed by atoms with E-state index in [-0.39, 0.29) is 11.7 Å². The van der Waals surface area contributed by atoms with Gasteiger partial charge in [0, 0.05) is 4.47 Å². The van der Waals surface area contributed by atoms with Gasteiger partial charge in [0.25, 0.3) is 5.91 Å². The molecule has 2 rings (SSSR count). The summed E-state index contributed by atoms with van der Waals surface area (Å²) in [5.74, 6) is -0.625. The molecule has 2 aromatic rings. The maximum absolute atomic E-state index is 12.7. The summed E-state index contributed by atoms with van der Waals surface area (Å²) >= 11 is 3.29. The predicted octanol–water partition coefficient (Wildman–Crippen LogP) is 3.35. The van der Waals surface area contributed by atoms with Crippen LogP contribution >= 0.6 is 15.9 Å². The van der Waals surface area contributed by atoms with E-state index in [0.29, 0.717) is 15.6 Å². The highest BCUT2D eigenvalue weighted by Gasteiger charge is 2.07. The van der Waals surface area contributed by atoms with Gasteiger partial charge in [0.2, 0.25) is 0 Å². The molecule has 0 saturated carbocycles. The standard InChI is InChI=1S/C14H10BrFN2O/c15-13-4-2-1-3-12(13)14(19)18-17-9-10-5-7-11(16)8-6-10/h1-9H,(H,18,19)/b17-9-. The van der Waals surface area contributed by atoms with Crippen LogP contribution in [0.1, 0.15) is 15.9 Å². The van der Waals surface area contributed by atoms with Gasteiger partial charge in [-0.3, -0.25) is 4.79 Å². The topological polar surface area (TPSA) is 41.5 Å². The van der Waals surface area contributed by atoms with Crippen LogP contribution in [0.5, 0.6) is 0 Å². The lowest BCUT2D eigenvalue weighted by Crippen LogP contribution is -2.18. The molecule has 96 valence electrons. The Morgan fingerprint density at radius 2 is 1.84 bits per heavy atom. The number of benzene rings is 2. The van der Waals surface area contributed by atoms with Gasteiger partial charge in [0.05, 0.1) is 11.8 Å². The molecule has 1 N–H and O–H groups in total. The molecule has 0 aromatic heterocycles. The van der Waals surface area contributed by atoms with E-state index in [0.717, 1.165) is 0 Å². The Labute approximate surface area is 118 Å². The average Bonchev–Trinajstić information content (AvgIpc) is 2.41. The molecule has 0 aliphatic heterocycles. The molecular formula is C14H10BrFN2O. The normalized spacial score (nSPS) is 10.6. The molecule has 0 unspecified atom stereocenters. The molecule has 0 heterocycles. The SMILES string of the molecule is O=C(N/N=C\c1ccc(F)cc1)c1ccccc1Br. The second kappa shape index (κ2) is 6.24. The van der Waals surface area contributed by atoms with Crippen molar-refractivity contribution >= 4 is 28.1 Å². The molecule has 1 amide bonds. The minimum atomic E-state index is -0.314.